The Bertz CT molecular complexity index is 5330. The van der Waals surface area contributed by atoms with Crippen molar-refractivity contribution in [1.82, 2.24) is 23.1 Å². The van der Waals surface area contributed by atoms with Crippen molar-refractivity contribution < 1.29 is 0 Å². The number of aromatic nitrogens is 5. The summed E-state index contributed by atoms with van der Waals surface area (Å²) in [7, 11) is 0. The zero-order valence-corrected chi connectivity index (χ0v) is 49.0. The van der Waals surface area contributed by atoms with E-state index in [0.29, 0.717) is 0 Å². The lowest BCUT2D eigenvalue weighted by atomic mass is 10.0. The fourth-order valence-electron chi connectivity index (χ4n) is 14.1. The highest BCUT2D eigenvalue weighted by atomic mass is 15.0. The van der Waals surface area contributed by atoms with Crippen LogP contribution in [0.25, 0.3) is 166 Å². The van der Waals surface area contributed by atoms with Crippen LogP contribution < -0.4 is 0 Å². The molecule has 13 aromatic carbocycles. The van der Waals surface area contributed by atoms with E-state index in [1.54, 1.807) is 0 Å². The number of pyridine rings is 1. The first kappa shape index (κ1) is 51.2. The zero-order chi connectivity index (χ0) is 59.2. The Kier molecular flexibility index (Phi) is 11.9. The molecule has 90 heavy (non-hydrogen) atoms. The second kappa shape index (κ2) is 20.8. The Balaban J connectivity index is 0.839. The molecule has 5 heterocycles. The molecule has 0 amide bonds. The van der Waals surface area contributed by atoms with Gasteiger partial charge >= 0.3 is 0 Å². The van der Waals surface area contributed by atoms with Crippen molar-refractivity contribution in [2.75, 3.05) is 0 Å². The van der Waals surface area contributed by atoms with E-state index in [1.807, 2.05) is 0 Å². The second-order valence-corrected chi connectivity index (χ2v) is 23.5. The zero-order valence-electron chi connectivity index (χ0n) is 49.0. The maximum Gasteiger partial charge on any atom is 0.137 e. The van der Waals surface area contributed by atoms with E-state index in [2.05, 4.69) is 352 Å². The molecule has 0 spiro atoms. The Morgan fingerprint density at radius 2 is 0.478 bits per heavy atom. The molecule has 0 unspecified atom stereocenters. The monoisotopic (exact) mass is 1150 g/mol. The van der Waals surface area contributed by atoms with Crippen molar-refractivity contribution in [3.05, 3.63) is 334 Å². The van der Waals surface area contributed by atoms with Crippen molar-refractivity contribution in [1.29, 1.82) is 0 Å². The van der Waals surface area contributed by atoms with Crippen molar-refractivity contribution in [2.45, 2.75) is 0 Å². The number of nitrogens with zero attached hydrogens (tertiary/aromatic N) is 5. The molecule has 0 N–H and O–H groups in total. The first-order chi connectivity index (χ1) is 44.6. The number of rotatable bonds is 10. The lowest BCUT2D eigenvalue weighted by molar-refractivity contribution is 1.16. The van der Waals surface area contributed by atoms with Gasteiger partial charge in [-0.2, -0.15) is 0 Å². The molecule has 5 nitrogen and oxygen atoms in total. The van der Waals surface area contributed by atoms with Gasteiger partial charge in [0.2, 0.25) is 0 Å². The molecular weight excluding hydrogens is 1090 g/mol. The van der Waals surface area contributed by atoms with Crippen LogP contribution in [0.1, 0.15) is 0 Å². The Morgan fingerprint density at radius 1 is 0.200 bits per heavy atom. The maximum absolute atomic E-state index is 5.22. The number of imidazole rings is 1. The van der Waals surface area contributed by atoms with Crippen LogP contribution in [0.5, 0.6) is 0 Å². The van der Waals surface area contributed by atoms with E-state index in [4.69, 9.17) is 4.98 Å². The average molecular weight is 1150 g/mol. The normalized spacial score (nSPS) is 11.8. The van der Waals surface area contributed by atoms with E-state index in [1.165, 1.54) is 66.1 Å². The van der Waals surface area contributed by atoms with Gasteiger partial charge < -0.3 is 13.7 Å². The van der Waals surface area contributed by atoms with Gasteiger partial charge in [0, 0.05) is 66.7 Å². The van der Waals surface area contributed by atoms with Crippen LogP contribution >= 0.6 is 0 Å². The molecule has 0 aliphatic rings. The van der Waals surface area contributed by atoms with Crippen LogP contribution in [0.4, 0.5) is 0 Å². The highest BCUT2D eigenvalue weighted by Gasteiger charge is 2.22. The fraction of sp³-hybridized carbons (Fsp3) is 0. The van der Waals surface area contributed by atoms with E-state index in [-0.39, 0.29) is 0 Å². The molecule has 0 aliphatic heterocycles. The Hall–Kier alpha value is -12.1. The average Bonchev–Trinajstić information content (AvgIpc) is 1.67. The first-order valence-electron chi connectivity index (χ1n) is 30.8. The van der Waals surface area contributed by atoms with Gasteiger partial charge in [-0.25, -0.2) is 4.98 Å². The third-order valence-corrected chi connectivity index (χ3v) is 18.4. The summed E-state index contributed by atoms with van der Waals surface area (Å²) in [6.45, 7) is 0. The molecule has 18 aromatic rings. The third-order valence-electron chi connectivity index (χ3n) is 18.4. The van der Waals surface area contributed by atoms with Crippen molar-refractivity contribution in [3.8, 4) is 95.2 Å². The summed E-state index contributed by atoms with van der Waals surface area (Å²) in [6, 6.07) is 120. The summed E-state index contributed by atoms with van der Waals surface area (Å²) in [5, 5.41) is 7.18. The largest absolute Gasteiger partial charge is 0.309 e. The van der Waals surface area contributed by atoms with Crippen LogP contribution in [0.3, 0.4) is 0 Å². The summed E-state index contributed by atoms with van der Waals surface area (Å²) in [6.07, 6.45) is 2.24. The van der Waals surface area contributed by atoms with E-state index < -0.39 is 0 Å². The van der Waals surface area contributed by atoms with Gasteiger partial charge in [0.05, 0.1) is 44.5 Å². The minimum absolute atomic E-state index is 0.904. The lowest BCUT2D eigenvalue weighted by Crippen LogP contribution is -1.97. The summed E-state index contributed by atoms with van der Waals surface area (Å²) < 4.78 is 9.65. The summed E-state index contributed by atoms with van der Waals surface area (Å²) in [5.74, 6) is 0. The molecular formula is C85H55N5. The fourth-order valence-corrected chi connectivity index (χ4v) is 14.1. The Morgan fingerprint density at radius 3 is 0.856 bits per heavy atom. The van der Waals surface area contributed by atoms with Crippen molar-refractivity contribution in [3.63, 3.8) is 0 Å². The highest BCUT2D eigenvalue weighted by molar-refractivity contribution is 6.15. The van der Waals surface area contributed by atoms with Crippen molar-refractivity contribution in [2.24, 2.45) is 0 Å². The molecule has 5 heteroatoms. The van der Waals surface area contributed by atoms with Crippen LogP contribution in [-0.2, 0) is 0 Å². The highest BCUT2D eigenvalue weighted by Crippen LogP contribution is 2.43. The van der Waals surface area contributed by atoms with E-state index in [9.17, 15) is 0 Å². The first-order valence-corrected chi connectivity index (χ1v) is 30.8. The van der Waals surface area contributed by atoms with Crippen molar-refractivity contribution >= 4 is 71.1 Å². The number of hydrogen-bond donors (Lipinski definition) is 0. The molecule has 0 atom stereocenters. The topological polar surface area (TPSA) is 32.1 Å². The SMILES string of the molecule is c1ccc(-c2ccc3c(c2)c2cc(-c4ccccc4)ccc2n3-c2ccc3c(c2)c2cc(-n4c5ccc(-c6ccccc6)cc5c5cc(-c6ccccc6)ccc54)ccc2n3-c2ccc(-c3ccc4nc(-c5ccccc5)c(-c5ccccc5)n4c3)cc2)cc1. The molecule has 0 fully saturated rings. The minimum Gasteiger partial charge on any atom is -0.309 e. The summed E-state index contributed by atoms with van der Waals surface area (Å²) in [5.41, 5.74) is 27.1. The molecule has 5 aromatic heterocycles. The van der Waals surface area contributed by atoms with Gasteiger partial charge in [0.1, 0.15) is 5.65 Å². The molecule has 420 valence electrons. The van der Waals surface area contributed by atoms with Gasteiger partial charge in [-0.05, 0) is 165 Å². The molecule has 0 bridgehead atoms. The van der Waals surface area contributed by atoms with Crippen LogP contribution in [0.15, 0.2) is 334 Å². The van der Waals surface area contributed by atoms with Crippen LogP contribution in [-0.4, -0.2) is 23.1 Å². The molecule has 0 aliphatic carbocycles. The molecule has 0 saturated heterocycles. The minimum atomic E-state index is 0.904. The van der Waals surface area contributed by atoms with Gasteiger partial charge in [-0.3, -0.25) is 4.40 Å². The van der Waals surface area contributed by atoms with E-state index in [0.717, 1.165) is 100 Å². The number of benzene rings is 13. The smallest absolute Gasteiger partial charge is 0.137 e. The van der Waals surface area contributed by atoms with Gasteiger partial charge in [-0.15, -0.1) is 0 Å². The predicted molar refractivity (Wildman–Crippen MR) is 376 cm³/mol. The number of fused-ring (bicyclic) bond motifs is 10. The summed E-state index contributed by atoms with van der Waals surface area (Å²) in [4.78, 5) is 5.22. The van der Waals surface area contributed by atoms with E-state index >= 15 is 0 Å². The van der Waals surface area contributed by atoms with Gasteiger partial charge in [-0.1, -0.05) is 218 Å². The second-order valence-electron chi connectivity index (χ2n) is 23.5. The van der Waals surface area contributed by atoms with Crippen LogP contribution in [0.2, 0.25) is 0 Å². The molecule has 0 radical (unpaired) electrons. The lowest BCUT2D eigenvalue weighted by Gasteiger charge is -2.12. The third kappa shape index (κ3) is 8.43. The standard InChI is InChI=1S/C85H55N5/c1-7-19-56(20-8-1)63-33-42-77-71(49-63)72-50-64(57-21-9-2-10-22-57)34-43-78(72)89(77)69-40-46-81-75(53-69)76-54-70(90-79-44-35-65(58-23-11-3-12-24-58)51-73(79)74-52-66(36-45-80(74)90)59-25-13-4-14-26-59)41-47-82(76)88(81)68-38-31-60(32-39-68)67-37-48-83-86-84(61-27-15-5-16-28-61)85(87(83)55-67)62-29-17-6-18-30-62/h1-55H. The van der Waals surface area contributed by atoms with Crippen LogP contribution in [0, 0.1) is 0 Å². The Labute approximate surface area is 520 Å². The van der Waals surface area contributed by atoms with Gasteiger partial charge in [0.15, 0.2) is 0 Å². The van der Waals surface area contributed by atoms with Gasteiger partial charge in [0.25, 0.3) is 0 Å². The molecule has 18 rings (SSSR count). The summed E-state index contributed by atoms with van der Waals surface area (Å²) >= 11 is 0. The number of hydrogen-bond acceptors (Lipinski definition) is 1. The quantitative estimate of drug-likeness (QED) is 0.134. The molecule has 0 saturated carbocycles. The maximum atomic E-state index is 5.22. The predicted octanol–water partition coefficient (Wildman–Crippen LogP) is 22.3.